The molecule has 11 nitrogen and oxygen atoms in total. The van der Waals surface area contributed by atoms with Crippen LogP contribution in [-0.4, -0.2) is 83.2 Å². The Balaban J connectivity index is 2.80. The van der Waals surface area contributed by atoms with Gasteiger partial charge in [-0.2, -0.15) is 11.8 Å². The number of rotatable bonds is 17. The topological polar surface area (TPSA) is 197 Å². The van der Waals surface area contributed by atoms with Crippen LogP contribution in [0, 0.1) is 0 Å². The standard InChI is InChI=1S/C23H37N5O6S/c1-35-12-10-17(26-20(30)16(25)9-5-6-11-24)21(31)28-19(14-29)22(32)27-18(23(33)34)13-15-7-3-2-4-8-15/h2-4,7-8,16-19,29H,5-6,9-14,24-25H2,1H3,(H,26,30)(H,27,32)(H,28,31)(H,33,34). The second kappa shape index (κ2) is 16.9. The summed E-state index contributed by atoms with van der Waals surface area (Å²) >= 11 is 1.47. The Morgan fingerprint density at radius 2 is 1.51 bits per heavy atom. The maximum absolute atomic E-state index is 12.9. The maximum Gasteiger partial charge on any atom is 0.326 e. The Morgan fingerprint density at radius 1 is 0.914 bits per heavy atom. The average molecular weight is 512 g/mol. The monoisotopic (exact) mass is 511 g/mol. The number of amides is 3. The summed E-state index contributed by atoms with van der Waals surface area (Å²) in [5.41, 5.74) is 12.1. The summed E-state index contributed by atoms with van der Waals surface area (Å²) in [5, 5.41) is 26.6. The molecule has 1 rings (SSSR count). The molecule has 0 radical (unpaired) electrons. The summed E-state index contributed by atoms with van der Waals surface area (Å²) in [6.45, 7) is -0.261. The Bertz CT molecular complexity index is 813. The van der Waals surface area contributed by atoms with Crippen LogP contribution < -0.4 is 27.4 Å². The third-order valence-corrected chi connectivity index (χ3v) is 5.91. The van der Waals surface area contributed by atoms with Crippen molar-refractivity contribution in [3.05, 3.63) is 35.9 Å². The van der Waals surface area contributed by atoms with Gasteiger partial charge in [0.2, 0.25) is 17.7 Å². The quantitative estimate of drug-likeness (QED) is 0.128. The molecular weight excluding hydrogens is 474 g/mol. The predicted molar refractivity (Wildman–Crippen MR) is 135 cm³/mol. The first kappa shape index (κ1) is 30.4. The lowest BCUT2D eigenvalue weighted by Gasteiger charge is -2.24. The number of carboxylic acids is 1. The van der Waals surface area contributed by atoms with Crippen molar-refractivity contribution in [2.75, 3.05) is 25.2 Å². The average Bonchev–Trinajstić information content (AvgIpc) is 2.84. The van der Waals surface area contributed by atoms with Gasteiger partial charge in [0.15, 0.2) is 0 Å². The first-order chi connectivity index (χ1) is 16.7. The minimum atomic E-state index is -1.40. The fourth-order valence-corrected chi connectivity index (χ4v) is 3.68. The number of unbranched alkanes of at least 4 members (excludes halogenated alkanes) is 1. The van der Waals surface area contributed by atoms with Gasteiger partial charge in [0.05, 0.1) is 12.6 Å². The molecule has 9 N–H and O–H groups in total. The lowest BCUT2D eigenvalue weighted by molar-refractivity contribution is -0.142. The van der Waals surface area contributed by atoms with Gasteiger partial charge < -0.3 is 37.6 Å². The number of hydrogen-bond acceptors (Lipinski definition) is 8. The van der Waals surface area contributed by atoms with E-state index in [0.29, 0.717) is 30.7 Å². The van der Waals surface area contributed by atoms with Crippen LogP contribution in [-0.2, 0) is 25.6 Å². The van der Waals surface area contributed by atoms with Crippen molar-refractivity contribution in [3.8, 4) is 0 Å². The maximum atomic E-state index is 12.9. The molecule has 12 heteroatoms. The van der Waals surface area contributed by atoms with Crippen LogP contribution in [0.5, 0.6) is 0 Å². The van der Waals surface area contributed by atoms with Crippen molar-refractivity contribution in [1.29, 1.82) is 0 Å². The Kier molecular flexibility index (Phi) is 14.6. The van der Waals surface area contributed by atoms with Crippen molar-refractivity contribution < 1.29 is 29.4 Å². The number of aliphatic carboxylic acids is 1. The van der Waals surface area contributed by atoms with Gasteiger partial charge in [0.25, 0.3) is 0 Å². The fraction of sp³-hybridized carbons (Fsp3) is 0.565. The molecular formula is C23H37N5O6S. The molecule has 4 atom stereocenters. The van der Waals surface area contributed by atoms with Gasteiger partial charge in [-0.3, -0.25) is 14.4 Å². The number of carbonyl (C=O) groups excluding carboxylic acids is 3. The van der Waals surface area contributed by atoms with E-state index in [2.05, 4.69) is 16.0 Å². The van der Waals surface area contributed by atoms with E-state index in [4.69, 9.17) is 11.5 Å². The van der Waals surface area contributed by atoms with E-state index >= 15 is 0 Å². The SMILES string of the molecule is CSCCC(NC(=O)C(N)CCCCN)C(=O)NC(CO)C(=O)NC(Cc1ccccc1)C(=O)O. The smallest absolute Gasteiger partial charge is 0.326 e. The highest BCUT2D eigenvalue weighted by Gasteiger charge is 2.30. The summed E-state index contributed by atoms with van der Waals surface area (Å²) in [6, 6.07) is 4.31. The van der Waals surface area contributed by atoms with E-state index in [1.165, 1.54) is 11.8 Å². The van der Waals surface area contributed by atoms with Gasteiger partial charge in [-0.25, -0.2) is 4.79 Å². The van der Waals surface area contributed by atoms with E-state index in [9.17, 15) is 29.4 Å². The van der Waals surface area contributed by atoms with Gasteiger partial charge >= 0.3 is 5.97 Å². The molecule has 0 aliphatic heterocycles. The van der Waals surface area contributed by atoms with Crippen LogP contribution in [0.4, 0.5) is 0 Å². The number of nitrogens with two attached hydrogens (primary N) is 2. The molecule has 0 fully saturated rings. The molecule has 1 aromatic carbocycles. The van der Waals surface area contributed by atoms with E-state index in [0.717, 1.165) is 6.42 Å². The van der Waals surface area contributed by atoms with Gasteiger partial charge in [-0.15, -0.1) is 0 Å². The molecule has 0 spiro atoms. The van der Waals surface area contributed by atoms with Gasteiger partial charge in [0.1, 0.15) is 18.1 Å². The predicted octanol–water partition coefficient (Wildman–Crippen LogP) is -1.03. The van der Waals surface area contributed by atoms with Crippen LogP contribution >= 0.6 is 11.8 Å². The Morgan fingerprint density at radius 3 is 2.09 bits per heavy atom. The number of hydrogen-bond donors (Lipinski definition) is 7. The molecule has 0 aliphatic rings. The molecule has 196 valence electrons. The number of thioether (sulfide) groups is 1. The third-order valence-electron chi connectivity index (χ3n) is 5.26. The first-order valence-electron chi connectivity index (χ1n) is 11.5. The van der Waals surface area contributed by atoms with Crippen LogP contribution in [0.1, 0.15) is 31.2 Å². The number of nitrogens with one attached hydrogen (secondary N) is 3. The minimum absolute atomic E-state index is 0.0302. The van der Waals surface area contributed by atoms with Crippen LogP contribution in [0.15, 0.2) is 30.3 Å². The van der Waals surface area contributed by atoms with Crippen molar-refractivity contribution in [2.24, 2.45) is 11.5 Å². The van der Waals surface area contributed by atoms with E-state index in [1.54, 1.807) is 30.3 Å². The van der Waals surface area contributed by atoms with E-state index in [-0.39, 0.29) is 12.8 Å². The molecule has 0 aliphatic carbocycles. The lowest BCUT2D eigenvalue weighted by atomic mass is 10.1. The largest absolute Gasteiger partial charge is 0.480 e. The highest BCUT2D eigenvalue weighted by atomic mass is 32.2. The van der Waals surface area contributed by atoms with E-state index in [1.807, 2.05) is 6.26 Å². The molecule has 4 unspecified atom stereocenters. The van der Waals surface area contributed by atoms with Crippen LogP contribution in [0.25, 0.3) is 0 Å². The number of carbonyl (C=O) groups is 4. The molecule has 0 saturated carbocycles. The van der Waals surface area contributed by atoms with Crippen molar-refractivity contribution in [2.45, 2.75) is 56.3 Å². The zero-order chi connectivity index (χ0) is 26.2. The fourth-order valence-electron chi connectivity index (χ4n) is 3.21. The first-order valence-corrected chi connectivity index (χ1v) is 12.9. The number of aliphatic hydroxyl groups excluding tert-OH is 1. The number of benzene rings is 1. The summed E-state index contributed by atoms with van der Waals surface area (Å²) in [6.07, 6.45) is 3.97. The number of aliphatic hydroxyl groups is 1. The highest BCUT2D eigenvalue weighted by molar-refractivity contribution is 7.98. The second-order valence-electron chi connectivity index (χ2n) is 8.07. The van der Waals surface area contributed by atoms with Gasteiger partial charge in [0, 0.05) is 6.42 Å². The van der Waals surface area contributed by atoms with Gasteiger partial charge in [-0.1, -0.05) is 36.8 Å². The summed E-state index contributed by atoms with van der Waals surface area (Å²) in [5.74, 6) is -2.72. The Labute approximate surface area is 209 Å². The zero-order valence-corrected chi connectivity index (χ0v) is 20.8. The third kappa shape index (κ3) is 11.5. The molecule has 1 aromatic rings. The Hall–Kier alpha value is -2.67. The van der Waals surface area contributed by atoms with Crippen molar-refractivity contribution >= 4 is 35.5 Å². The zero-order valence-electron chi connectivity index (χ0n) is 19.9. The summed E-state index contributed by atoms with van der Waals surface area (Å²) in [4.78, 5) is 49.6. The molecule has 3 amide bonds. The summed E-state index contributed by atoms with van der Waals surface area (Å²) < 4.78 is 0. The normalized spacial score (nSPS) is 14.3. The number of carboxylic acid groups (broad SMARTS) is 1. The van der Waals surface area contributed by atoms with Gasteiger partial charge in [-0.05, 0) is 43.4 Å². The van der Waals surface area contributed by atoms with E-state index < -0.39 is 54.5 Å². The molecule has 35 heavy (non-hydrogen) atoms. The second-order valence-corrected chi connectivity index (χ2v) is 9.05. The molecule has 0 saturated heterocycles. The van der Waals surface area contributed by atoms with Crippen molar-refractivity contribution in [3.63, 3.8) is 0 Å². The molecule has 0 bridgehead atoms. The molecule has 0 heterocycles. The van der Waals surface area contributed by atoms with Crippen molar-refractivity contribution in [1.82, 2.24) is 16.0 Å². The molecule has 0 aromatic heterocycles. The highest BCUT2D eigenvalue weighted by Crippen LogP contribution is 2.06. The minimum Gasteiger partial charge on any atom is -0.480 e. The van der Waals surface area contributed by atoms with Crippen LogP contribution in [0.2, 0.25) is 0 Å². The lowest BCUT2D eigenvalue weighted by Crippen LogP contribution is -2.58. The van der Waals surface area contributed by atoms with Crippen LogP contribution in [0.3, 0.4) is 0 Å². The summed E-state index contributed by atoms with van der Waals surface area (Å²) in [7, 11) is 0.